The number of benzene rings is 1. The molecular weight excluding hydrogens is 251 g/mol. The molecule has 2 atom stereocenters. The van der Waals surface area contributed by atoms with Gasteiger partial charge in [-0.05, 0) is 24.8 Å². The van der Waals surface area contributed by atoms with Gasteiger partial charge in [-0.15, -0.1) is 0 Å². The van der Waals surface area contributed by atoms with Crippen LogP contribution in [0.15, 0.2) is 30.3 Å². The maximum Gasteiger partial charge on any atom is 0.390 e. The monoisotopic (exact) mass is 271 g/mol. The highest BCUT2D eigenvalue weighted by atomic mass is 19.4. The zero-order valence-electron chi connectivity index (χ0n) is 11.1. The quantitative estimate of drug-likeness (QED) is 0.805. The molecule has 1 aliphatic carbocycles. The van der Waals surface area contributed by atoms with Crippen molar-refractivity contribution in [3.8, 4) is 0 Å². The van der Waals surface area contributed by atoms with Crippen LogP contribution >= 0.6 is 0 Å². The molecule has 1 aromatic rings. The molecule has 1 fully saturated rings. The van der Waals surface area contributed by atoms with E-state index in [4.69, 9.17) is 0 Å². The highest BCUT2D eigenvalue weighted by molar-refractivity contribution is 5.19. The Balaban J connectivity index is 2.00. The van der Waals surface area contributed by atoms with E-state index in [0.717, 1.165) is 6.42 Å². The summed E-state index contributed by atoms with van der Waals surface area (Å²) < 4.78 is 38.0. The summed E-state index contributed by atoms with van der Waals surface area (Å²) in [6.07, 6.45) is -1.54. The molecule has 0 amide bonds. The zero-order chi connectivity index (χ0) is 13.9. The first-order valence-corrected chi connectivity index (χ1v) is 6.82. The van der Waals surface area contributed by atoms with Gasteiger partial charge in [0.1, 0.15) is 0 Å². The molecule has 0 bridgehead atoms. The summed E-state index contributed by atoms with van der Waals surface area (Å²) in [5.41, 5.74) is 0.711. The van der Waals surface area contributed by atoms with Crippen LogP contribution < -0.4 is 5.32 Å². The number of rotatable bonds is 6. The van der Waals surface area contributed by atoms with Crippen molar-refractivity contribution in [2.45, 2.75) is 50.9 Å². The molecule has 1 nitrogen and oxygen atoms in total. The van der Waals surface area contributed by atoms with Gasteiger partial charge in [-0.25, -0.2) is 0 Å². The number of alkyl halides is 3. The summed E-state index contributed by atoms with van der Waals surface area (Å²) in [6, 6.07) is 8.38. The highest BCUT2D eigenvalue weighted by Crippen LogP contribution is 2.35. The Hall–Kier alpha value is -1.03. The van der Waals surface area contributed by atoms with Gasteiger partial charge in [-0.2, -0.15) is 13.2 Å². The normalized spacial score (nSPS) is 19.2. The standard InChI is InChI=1S/C15H20F3N/c1-11(9-12-7-8-12)19-14(10-15(16,17)18)13-5-3-2-4-6-13/h2-6,11-12,14,19H,7-10H2,1H3. The van der Waals surface area contributed by atoms with Crippen LogP contribution in [0.2, 0.25) is 0 Å². The van der Waals surface area contributed by atoms with Crippen molar-refractivity contribution in [1.82, 2.24) is 5.32 Å². The van der Waals surface area contributed by atoms with Crippen LogP contribution in [0.25, 0.3) is 0 Å². The third-order valence-corrected chi connectivity index (χ3v) is 3.51. The third kappa shape index (κ3) is 5.23. The summed E-state index contributed by atoms with van der Waals surface area (Å²) in [7, 11) is 0. The first-order valence-electron chi connectivity index (χ1n) is 6.82. The maximum atomic E-state index is 12.7. The second-order valence-corrected chi connectivity index (χ2v) is 5.53. The fraction of sp³-hybridized carbons (Fsp3) is 0.600. The van der Waals surface area contributed by atoms with E-state index < -0.39 is 18.6 Å². The summed E-state index contributed by atoms with van der Waals surface area (Å²) >= 11 is 0. The van der Waals surface area contributed by atoms with Gasteiger partial charge in [0.25, 0.3) is 0 Å². The summed E-state index contributed by atoms with van der Waals surface area (Å²) in [5, 5.41) is 3.14. The summed E-state index contributed by atoms with van der Waals surface area (Å²) in [4.78, 5) is 0. The van der Waals surface area contributed by atoms with Crippen molar-refractivity contribution in [1.29, 1.82) is 0 Å². The van der Waals surface area contributed by atoms with Crippen LogP contribution in [0.4, 0.5) is 13.2 Å². The molecule has 2 rings (SSSR count). The minimum atomic E-state index is -4.15. The van der Waals surface area contributed by atoms with E-state index in [2.05, 4.69) is 5.32 Å². The molecular formula is C15H20F3N. The van der Waals surface area contributed by atoms with E-state index in [1.807, 2.05) is 13.0 Å². The molecule has 0 heterocycles. The number of hydrogen-bond acceptors (Lipinski definition) is 1. The highest BCUT2D eigenvalue weighted by Gasteiger charge is 2.33. The predicted molar refractivity (Wildman–Crippen MR) is 69.8 cm³/mol. The Morgan fingerprint density at radius 3 is 2.37 bits per heavy atom. The SMILES string of the molecule is CC(CC1CC1)NC(CC(F)(F)F)c1ccccc1. The smallest absolute Gasteiger partial charge is 0.307 e. The lowest BCUT2D eigenvalue weighted by Crippen LogP contribution is -2.33. The molecule has 1 aromatic carbocycles. The minimum absolute atomic E-state index is 0.125. The Labute approximate surface area is 112 Å². The zero-order valence-corrected chi connectivity index (χ0v) is 11.1. The minimum Gasteiger partial charge on any atom is -0.307 e. The molecule has 106 valence electrons. The van der Waals surface area contributed by atoms with E-state index in [0.29, 0.717) is 11.5 Å². The molecule has 1 N–H and O–H groups in total. The van der Waals surface area contributed by atoms with Gasteiger partial charge in [0.05, 0.1) is 6.42 Å². The predicted octanol–water partition coefficient (Wildman–Crippen LogP) is 4.46. The van der Waals surface area contributed by atoms with Crippen molar-refractivity contribution in [2.75, 3.05) is 0 Å². The fourth-order valence-electron chi connectivity index (χ4n) is 2.45. The van der Waals surface area contributed by atoms with Crippen LogP contribution in [0, 0.1) is 5.92 Å². The van der Waals surface area contributed by atoms with Crippen molar-refractivity contribution >= 4 is 0 Å². The van der Waals surface area contributed by atoms with Gasteiger partial charge in [0, 0.05) is 12.1 Å². The Bertz CT molecular complexity index is 384. The van der Waals surface area contributed by atoms with Gasteiger partial charge in [0.2, 0.25) is 0 Å². The molecule has 19 heavy (non-hydrogen) atoms. The first kappa shape index (κ1) is 14.4. The average molecular weight is 271 g/mol. The Morgan fingerprint density at radius 2 is 1.84 bits per heavy atom. The topological polar surface area (TPSA) is 12.0 Å². The molecule has 0 spiro atoms. The van der Waals surface area contributed by atoms with Crippen molar-refractivity contribution < 1.29 is 13.2 Å². The number of hydrogen-bond donors (Lipinski definition) is 1. The van der Waals surface area contributed by atoms with Gasteiger partial charge >= 0.3 is 6.18 Å². The van der Waals surface area contributed by atoms with Gasteiger partial charge in [-0.1, -0.05) is 43.2 Å². The average Bonchev–Trinajstić information content (AvgIpc) is 3.11. The number of halogens is 3. The molecule has 2 unspecified atom stereocenters. The Kier molecular flexibility index (Phi) is 4.50. The molecule has 4 heteroatoms. The van der Waals surface area contributed by atoms with Gasteiger partial charge in [0.15, 0.2) is 0 Å². The lowest BCUT2D eigenvalue weighted by molar-refractivity contribution is -0.140. The molecule has 0 aromatic heterocycles. The summed E-state index contributed by atoms with van der Waals surface area (Å²) in [6.45, 7) is 1.98. The van der Waals surface area contributed by atoms with Crippen LogP contribution in [0.3, 0.4) is 0 Å². The van der Waals surface area contributed by atoms with Gasteiger partial charge in [-0.3, -0.25) is 0 Å². The van der Waals surface area contributed by atoms with E-state index in [1.165, 1.54) is 12.8 Å². The van der Waals surface area contributed by atoms with Crippen molar-refractivity contribution in [2.24, 2.45) is 5.92 Å². The molecule has 1 aliphatic rings. The lowest BCUT2D eigenvalue weighted by Gasteiger charge is -2.25. The second kappa shape index (κ2) is 5.95. The second-order valence-electron chi connectivity index (χ2n) is 5.53. The van der Waals surface area contributed by atoms with Crippen LogP contribution in [0.5, 0.6) is 0 Å². The summed E-state index contributed by atoms with van der Waals surface area (Å²) in [5.74, 6) is 0.713. The van der Waals surface area contributed by atoms with Crippen LogP contribution in [-0.2, 0) is 0 Å². The molecule has 0 radical (unpaired) electrons. The Morgan fingerprint density at radius 1 is 1.21 bits per heavy atom. The van der Waals surface area contributed by atoms with E-state index in [9.17, 15) is 13.2 Å². The fourth-order valence-corrected chi connectivity index (χ4v) is 2.45. The van der Waals surface area contributed by atoms with E-state index >= 15 is 0 Å². The maximum absolute atomic E-state index is 12.7. The molecule has 0 aliphatic heterocycles. The number of nitrogens with one attached hydrogen (secondary N) is 1. The van der Waals surface area contributed by atoms with Crippen molar-refractivity contribution in [3.05, 3.63) is 35.9 Å². The third-order valence-electron chi connectivity index (χ3n) is 3.51. The van der Waals surface area contributed by atoms with E-state index in [-0.39, 0.29) is 6.04 Å². The lowest BCUT2D eigenvalue weighted by atomic mass is 10.0. The van der Waals surface area contributed by atoms with E-state index in [1.54, 1.807) is 24.3 Å². The van der Waals surface area contributed by atoms with Crippen LogP contribution in [0.1, 0.15) is 44.2 Å². The molecule has 0 saturated heterocycles. The van der Waals surface area contributed by atoms with Crippen LogP contribution in [-0.4, -0.2) is 12.2 Å². The van der Waals surface area contributed by atoms with Crippen molar-refractivity contribution in [3.63, 3.8) is 0 Å². The largest absolute Gasteiger partial charge is 0.390 e. The van der Waals surface area contributed by atoms with Gasteiger partial charge < -0.3 is 5.32 Å². The first-order chi connectivity index (χ1) is 8.94. The molecule has 1 saturated carbocycles.